The van der Waals surface area contributed by atoms with Gasteiger partial charge in [0.15, 0.2) is 0 Å². The van der Waals surface area contributed by atoms with Crippen LogP contribution in [-0.4, -0.2) is 118 Å². The number of carboxylic acids is 4. The summed E-state index contributed by atoms with van der Waals surface area (Å²) in [6, 6.07) is 0. The number of aliphatic carboxylic acids is 4. The van der Waals surface area contributed by atoms with Gasteiger partial charge in [-0.3, -0.25) is 38.6 Å². The van der Waals surface area contributed by atoms with Crippen molar-refractivity contribution in [3.63, 3.8) is 0 Å². The number of nitrogens with zero attached hydrogens (tertiary/aromatic N) is 2. The smallest absolute Gasteiger partial charge is 0.317 e. The van der Waals surface area contributed by atoms with Crippen LogP contribution in [-0.2, 0) is 28.8 Å². The highest BCUT2D eigenvalue weighted by atomic mass is 16.4. The van der Waals surface area contributed by atoms with E-state index in [0.717, 1.165) is 9.80 Å². The molecule has 29 heavy (non-hydrogen) atoms. The van der Waals surface area contributed by atoms with Crippen LogP contribution in [0.5, 0.6) is 0 Å². The Morgan fingerprint density at radius 1 is 0.552 bits per heavy atom. The minimum atomic E-state index is -1.23. The van der Waals surface area contributed by atoms with Crippen LogP contribution in [0.25, 0.3) is 0 Å². The standard InChI is InChI=1S/C15H24N4O10/c20-10(16-1-3-18(6-12(22)23)7-13(24)25)5-11(21)17-2-4-19(8-14(26)27)9-15(28)29/h1-9H2,(H,16,20)(H,17,21)(H,22,23)(H,24,25)(H,26,27)(H,28,29). The van der Waals surface area contributed by atoms with Crippen molar-refractivity contribution in [1.29, 1.82) is 0 Å². The van der Waals surface area contributed by atoms with Gasteiger partial charge < -0.3 is 31.1 Å². The summed E-state index contributed by atoms with van der Waals surface area (Å²) in [5, 5.41) is 39.5. The molecule has 0 fully saturated rings. The molecule has 0 saturated heterocycles. The molecule has 0 unspecified atom stereocenters. The van der Waals surface area contributed by atoms with Gasteiger partial charge in [-0.15, -0.1) is 0 Å². The van der Waals surface area contributed by atoms with Crippen molar-refractivity contribution in [3.8, 4) is 0 Å². The molecular formula is C15H24N4O10. The van der Waals surface area contributed by atoms with Gasteiger partial charge in [0.05, 0.1) is 26.2 Å². The summed E-state index contributed by atoms with van der Waals surface area (Å²) in [4.78, 5) is 68.2. The van der Waals surface area contributed by atoms with Crippen molar-refractivity contribution in [2.45, 2.75) is 6.42 Å². The number of amides is 2. The number of hydrogen-bond donors (Lipinski definition) is 6. The van der Waals surface area contributed by atoms with Crippen molar-refractivity contribution < 1.29 is 49.2 Å². The van der Waals surface area contributed by atoms with E-state index >= 15 is 0 Å². The third-order valence-corrected chi connectivity index (χ3v) is 3.26. The Kier molecular flexibility index (Phi) is 12.3. The lowest BCUT2D eigenvalue weighted by Crippen LogP contribution is -2.42. The molecule has 0 aromatic rings. The summed E-state index contributed by atoms with van der Waals surface area (Å²) in [7, 11) is 0. The molecule has 0 atom stereocenters. The van der Waals surface area contributed by atoms with Gasteiger partial charge in [-0.25, -0.2) is 0 Å². The maximum absolute atomic E-state index is 11.7. The van der Waals surface area contributed by atoms with Crippen LogP contribution < -0.4 is 10.6 Å². The van der Waals surface area contributed by atoms with Gasteiger partial charge in [-0.05, 0) is 0 Å². The molecule has 0 aliphatic heterocycles. The summed E-state index contributed by atoms with van der Waals surface area (Å²) in [5.41, 5.74) is 0. The molecule has 0 aromatic heterocycles. The fourth-order valence-corrected chi connectivity index (χ4v) is 2.17. The van der Waals surface area contributed by atoms with Crippen LogP contribution in [0.1, 0.15) is 6.42 Å². The van der Waals surface area contributed by atoms with Gasteiger partial charge in [0.1, 0.15) is 6.42 Å². The highest BCUT2D eigenvalue weighted by Gasteiger charge is 2.16. The number of carbonyl (C=O) groups is 6. The fraction of sp³-hybridized carbons (Fsp3) is 0.600. The maximum Gasteiger partial charge on any atom is 0.317 e. The molecule has 14 nitrogen and oxygen atoms in total. The van der Waals surface area contributed by atoms with E-state index < -0.39 is 68.3 Å². The highest BCUT2D eigenvalue weighted by molar-refractivity contribution is 5.96. The van der Waals surface area contributed by atoms with E-state index in [4.69, 9.17) is 20.4 Å². The second-order valence-electron chi connectivity index (χ2n) is 5.87. The van der Waals surface area contributed by atoms with E-state index in [1.54, 1.807) is 0 Å². The minimum Gasteiger partial charge on any atom is -0.480 e. The first-order valence-electron chi connectivity index (χ1n) is 8.34. The Balaban J connectivity index is 4.21. The molecule has 0 spiro atoms. The molecule has 0 radical (unpaired) electrons. The largest absolute Gasteiger partial charge is 0.480 e. The average Bonchev–Trinajstić information content (AvgIpc) is 2.52. The number of nitrogens with one attached hydrogen (secondary N) is 2. The van der Waals surface area contributed by atoms with Crippen molar-refractivity contribution in [3.05, 3.63) is 0 Å². The molecule has 0 saturated carbocycles. The Morgan fingerprint density at radius 2 is 0.828 bits per heavy atom. The quantitative estimate of drug-likeness (QED) is 0.134. The topological polar surface area (TPSA) is 214 Å². The Labute approximate surface area is 165 Å². The number of rotatable bonds is 16. The summed E-state index contributed by atoms with van der Waals surface area (Å²) in [6.07, 6.45) is -0.560. The molecular weight excluding hydrogens is 396 g/mol. The Morgan fingerprint density at radius 3 is 1.07 bits per heavy atom. The zero-order valence-corrected chi connectivity index (χ0v) is 15.5. The predicted octanol–water partition coefficient (Wildman–Crippen LogP) is -3.45. The van der Waals surface area contributed by atoms with E-state index in [0.29, 0.717) is 0 Å². The summed E-state index contributed by atoms with van der Waals surface area (Å²) in [6.45, 7) is -2.33. The van der Waals surface area contributed by atoms with Gasteiger partial charge in [0.2, 0.25) is 11.8 Å². The van der Waals surface area contributed by atoms with Crippen molar-refractivity contribution >= 4 is 35.7 Å². The zero-order chi connectivity index (χ0) is 22.4. The van der Waals surface area contributed by atoms with Crippen LogP contribution in [0.15, 0.2) is 0 Å². The lowest BCUT2D eigenvalue weighted by molar-refractivity contribution is -0.143. The lowest BCUT2D eigenvalue weighted by atomic mass is 10.3. The second kappa shape index (κ2) is 13.8. The molecule has 0 aromatic carbocycles. The normalized spacial score (nSPS) is 10.6. The Bertz CT molecular complexity index is 540. The molecule has 0 rings (SSSR count). The van der Waals surface area contributed by atoms with Crippen molar-refractivity contribution in [2.75, 3.05) is 52.4 Å². The molecule has 0 aliphatic rings. The van der Waals surface area contributed by atoms with Gasteiger partial charge in [-0.2, -0.15) is 0 Å². The second-order valence-corrected chi connectivity index (χ2v) is 5.87. The van der Waals surface area contributed by atoms with Gasteiger partial charge in [0, 0.05) is 26.2 Å². The molecule has 6 N–H and O–H groups in total. The third-order valence-electron chi connectivity index (χ3n) is 3.26. The molecule has 164 valence electrons. The minimum absolute atomic E-state index is 0.0503. The van der Waals surface area contributed by atoms with Gasteiger partial charge in [-0.1, -0.05) is 0 Å². The lowest BCUT2D eigenvalue weighted by Gasteiger charge is -2.18. The molecule has 2 amide bonds. The monoisotopic (exact) mass is 420 g/mol. The molecule has 0 aliphatic carbocycles. The number of carbonyl (C=O) groups excluding carboxylic acids is 2. The van der Waals surface area contributed by atoms with E-state index in [9.17, 15) is 28.8 Å². The van der Waals surface area contributed by atoms with Crippen LogP contribution in [0.4, 0.5) is 0 Å². The average molecular weight is 420 g/mol. The summed E-state index contributed by atoms with van der Waals surface area (Å²) < 4.78 is 0. The van der Waals surface area contributed by atoms with Crippen molar-refractivity contribution in [1.82, 2.24) is 20.4 Å². The third kappa shape index (κ3) is 15.5. The first-order valence-corrected chi connectivity index (χ1v) is 8.34. The van der Waals surface area contributed by atoms with E-state index in [-0.39, 0.29) is 26.2 Å². The van der Waals surface area contributed by atoms with Crippen LogP contribution in [0, 0.1) is 0 Å². The highest BCUT2D eigenvalue weighted by Crippen LogP contribution is 1.90. The Hall–Kier alpha value is -3.26. The van der Waals surface area contributed by atoms with Crippen molar-refractivity contribution in [2.24, 2.45) is 0 Å². The van der Waals surface area contributed by atoms with Gasteiger partial charge >= 0.3 is 23.9 Å². The number of carboxylic acid groups (broad SMARTS) is 4. The predicted molar refractivity (Wildman–Crippen MR) is 94.1 cm³/mol. The maximum atomic E-state index is 11.7. The number of hydrogen-bond acceptors (Lipinski definition) is 8. The summed E-state index contributed by atoms with van der Waals surface area (Å²) in [5.74, 6) is -6.26. The van der Waals surface area contributed by atoms with E-state index in [1.165, 1.54) is 0 Å². The first kappa shape index (κ1) is 25.7. The zero-order valence-electron chi connectivity index (χ0n) is 15.5. The van der Waals surface area contributed by atoms with Crippen LogP contribution in [0.2, 0.25) is 0 Å². The van der Waals surface area contributed by atoms with E-state index in [1.807, 2.05) is 0 Å². The van der Waals surface area contributed by atoms with Gasteiger partial charge in [0.25, 0.3) is 0 Å². The molecule has 14 heteroatoms. The SMILES string of the molecule is O=C(O)CN(CCNC(=O)CC(=O)NCCN(CC(=O)O)CC(=O)O)CC(=O)O. The molecule has 0 bridgehead atoms. The van der Waals surface area contributed by atoms with E-state index in [2.05, 4.69) is 10.6 Å². The fourth-order valence-electron chi connectivity index (χ4n) is 2.17. The molecule has 0 heterocycles. The van der Waals surface area contributed by atoms with Crippen LogP contribution >= 0.6 is 0 Å². The van der Waals surface area contributed by atoms with Crippen LogP contribution in [0.3, 0.4) is 0 Å². The first-order chi connectivity index (χ1) is 13.5. The summed E-state index contributed by atoms with van der Waals surface area (Å²) >= 11 is 0.